The van der Waals surface area contributed by atoms with E-state index in [1.54, 1.807) is 12.1 Å². The Bertz CT molecular complexity index is 543. The summed E-state index contributed by atoms with van der Waals surface area (Å²) in [6.07, 6.45) is 5.45. The number of hydrogen-bond acceptors (Lipinski definition) is 2. The van der Waals surface area contributed by atoms with Gasteiger partial charge >= 0.3 is 0 Å². The lowest BCUT2D eigenvalue weighted by Crippen LogP contribution is -2.53. The molecule has 0 aromatic heterocycles. The minimum absolute atomic E-state index is 0. The molecule has 3 rings (SSSR count). The molecule has 2 atom stereocenters. The van der Waals surface area contributed by atoms with E-state index in [0.29, 0.717) is 21.9 Å². The monoisotopic (exact) mass is 390 g/mol. The maximum Gasteiger partial charge on any atom is 0.251 e. The number of nitrogens with two attached hydrogens (primary N) is 1. The summed E-state index contributed by atoms with van der Waals surface area (Å²) in [7, 11) is 0. The van der Waals surface area contributed by atoms with Crippen LogP contribution < -0.4 is 11.1 Å². The molecular formula is C16H21BrClFN2O. The van der Waals surface area contributed by atoms with Gasteiger partial charge in [-0.25, -0.2) is 4.39 Å². The van der Waals surface area contributed by atoms with Crippen molar-refractivity contribution in [3.8, 4) is 0 Å². The van der Waals surface area contributed by atoms with Gasteiger partial charge in [0.1, 0.15) is 5.82 Å². The second-order valence-electron chi connectivity index (χ2n) is 6.31. The Kier molecular flexibility index (Phi) is 5.86. The zero-order valence-corrected chi connectivity index (χ0v) is 14.6. The molecule has 1 aromatic carbocycles. The van der Waals surface area contributed by atoms with Gasteiger partial charge < -0.3 is 11.1 Å². The Labute approximate surface area is 144 Å². The molecule has 2 saturated carbocycles. The number of halogens is 3. The molecule has 1 amide bonds. The van der Waals surface area contributed by atoms with Crippen molar-refractivity contribution in [2.75, 3.05) is 0 Å². The van der Waals surface area contributed by atoms with Gasteiger partial charge in [-0.2, -0.15) is 0 Å². The van der Waals surface area contributed by atoms with Crippen molar-refractivity contribution >= 4 is 34.2 Å². The number of fused-ring (bicyclic) bond motifs is 2. The number of carbonyl (C=O) groups excluding carboxylic acids is 1. The van der Waals surface area contributed by atoms with E-state index in [0.717, 1.165) is 25.7 Å². The molecule has 0 spiro atoms. The molecule has 22 heavy (non-hydrogen) atoms. The highest BCUT2D eigenvalue weighted by atomic mass is 79.9. The molecule has 6 heteroatoms. The highest BCUT2D eigenvalue weighted by Crippen LogP contribution is 2.39. The second-order valence-corrected chi connectivity index (χ2v) is 7.17. The topological polar surface area (TPSA) is 55.1 Å². The van der Waals surface area contributed by atoms with Crippen LogP contribution in [0.1, 0.15) is 42.5 Å². The maximum atomic E-state index is 13.6. The zero-order chi connectivity index (χ0) is 15.0. The van der Waals surface area contributed by atoms with Crippen molar-refractivity contribution in [1.29, 1.82) is 0 Å². The number of nitrogens with one attached hydrogen (secondary N) is 1. The van der Waals surface area contributed by atoms with Gasteiger partial charge in [-0.3, -0.25) is 4.79 Å². The normalized spacial score (nSPS) is 30.3. The molecule has 2 bridgehead atoms. The Morgan fingerprint density at radius 2 is 1.91 bits per heavy atom. The van der Waals surface area contributed by atoms with E-state index in [2.05, 4.69) is 21.2 Å². The average Bonchev–Trinajstić information content (AvgIpc) is 2.42. The second kappa shape index (κ2) is 7.28. The smallest absolute Gasteiger partial charge is 0.251 e. The van der Waals surface area contributed by atoms with Crippen molar-refractivity contribution < 1.29 is 9.18 Å². The minimum atomic E-state index is -0.409. The van der Waals surface area contributed by atoms with Gasteiger partial charge in [-0.15, -0.1) is 12.4 Å². The first kappa shape index (κ1) is 17.7. The summed E-state index contributed by atoms with van der Waals surface area (Å²) in [6.45, 7) is 0. The predicted octanol–water partition coefficient (Wildman–Crippen LogP) is 3.65. The van der Waals surface area contributed by atoms with Gasteiger partial charge in [-0.1, -0.05) is 6.42 Å². The Morgan fingerprint density at radius 1 is 1.27 bits per heavy atom. The van der Waals surface area contributed by atoms with Gasteiger partial charge in [-0.05, 0) is 71.6 Å². The lowest BCUT2D eigenvalue weighted by atomic mass is 9.67. The van der Waals surface area contributed by atoms with Crippen molar-refractivity contribution in [3.63, 3.8) is 0 Å². The third kappa shape index (κ3) is 3.63. The van der Waals surface area contributed by atoms with E-state index in [-0.39, 0.29) is 30.4 Å². The van der Waals surface area contributed by atoms with E-state index in [4.69, 9.17) is 5.73 Å². The van der Waals surface area contributed by atoms with Crippen LogP contribution >= 0.6 is 28.3 Å². The molecule has 2 aliphatic rings. The summed E-state index contributed by atoms with van der Waals surface area (Å²) in [6, 6.07) is 4.95. The van der Waals surface area contributed by atoms with Crippen LogP contribution in [-0.2, 0) is 0 Å². The van der Waals surface area contributed by atoms with Gasteiger partial charge in [0.15, 0.2) is 0 Å². The highest BCUT2D eigenvalue weighted by Gasteiger charge is 2.39. The predicted molar refractivity (Wildman–Crippen MR) is 90.6 cm³/mol. The van der Waals surface area contributed by atoms with Crippen LogP contribution in [0, 0.1) is 17.7 Å². The fourth-order valence-corrected chi connectivity index (χ4v) is 4.14. The molecule has 0 radical (unpaired) electrons. The van der Waals surface area contributed by atoms with Gasteiger partial charge in [0.05, 0.1) is 4.47 Å². The van der Waals surface area contributed by atoms with Crippen LogP contribution in [-0.4, -0.2) is 18.0 Å². The summed E-state index contributed by atoms with van der Waals surface area (Å²) in [5.41, 5.74) is 6.48. The first-order chi connectivity index (χ1) is 10.0. The molecule has 2 unspecified atom stereocenters. The number of amides is 1. The number of benzene rings is 1. The Morgan fingerprint density at radius 3 is 2.50 bits per heavy atom. The molecule has 0 saturated heterocycles. The van der Waals surface area contributed by atoms with Gasteiger partial charge in [0, 0.05) is 17.6 Å². The first-order valence-electron chi connectivity index (χ1n) is 7.56. The van der Waals surface area contributed by atoms with Crippen LogP contribution in [0.3, 0.4) is 0 Å². The van der Waals surface area contributed by atoms with E-state index in [1.807, 2.05) is 0 Å². The summed E-state index contributed by atoms with van der Waals surface area (Å²) in [5.74, 6) is 0.348. The van der Waals surface area contributed by atoms with E-state index in [9.17, 15) is 9.18 Å². The fraction of sp³-hybridized carbons (Fsp3) is 0.562. The molecule has 3 nitrogen and oxygen atoms in total. The van der Waals surface area contributed by atoms with Crippen LogP contribution in [0.5, 0.6) is 0 Å². The van der Waals surface area contributed by atoms with Crippen molar-refractivity contribution in [1.82, 2.24) is 5.32 Å². The first-order valence-corrected chi connectivity index (χ1v) is 8.35. The SMILES string of the molecule is Cl.NC1CC2CCCC(C1)C2NC(=O)c1ccc(Br)c(F)c1. The standard InChI is InChI=1S/C16H20BrFN2O.ClH/c17-13-5-4-11(8-14(13)18)16(21)20-15-9-2-1-3-10(15)7-12(19)6-9;/h4-5,8-10,12,15H,1-3,6-7,19H2,(H,20,21);1H. The maximum absolute atomic E-state index is 13.6. The quantitative estimate of drug-likeness (QED) is 0.808. The van der Waals surface area contributed by atoms with Crippen LogP contribution in [0.25, 0.3) is 0 Å². The summed E-state index contributed by atoms with van der Waals surface area (Å²) in [5, 5.41) is 3.13. The van der Waals surface area contributed by atoms with Crippen LogP contribution in [0.2, 0.25) is 0 Å². The molecule has 1 aromatic rings. The number of hydrogen-bond donors (Lipinski definition) is 2. The molecular weight excluding hydrogens is 371 g/mol. The molecule has 122 valence electrons. The minimum Gasteiger partial charge on any atom is -0.349 e. The number of rotatable bonds is 2. The molecule has 0 heterocycles. The lowest BCUT2D eigenvalue weighted by molar-refractivity contribution is 0.0755. The molecule has 2 fully saturated rings. The third-order valence-corrected chi connectivity index (χ3v) is 5.50. The lowest BCUT2D eigenvalue weighted by Gasteiger charge is -2.45. The Hall–Kier alpha value is -0.650. The zero-order valence-electron chi connectivity index (χ0n) is 12.2. The largest absolute Gasteiger partial charge is 0.349 e. The van der Waals surface area contributed by atoms with Crippen LogP contribution in [0.15, 0.2) is 22.7 Å². The average molecular weight is 392 g/mol. The van der Waals surface area contributed by atoms with E-state index in [1.165, 1.54) is 12.5 Å². The molecule has 3 N–H and O–H groups in total. The van der Waals surface area contributed by atoms with Gasteiger partial charge in [0.2, 0.25) is 0 Å². The third-order valence-electron chi connectivity index (χ3n) is 4.86. The summed E-state index contributed by atoms with van der Waals surface area (Å²) < 4.78 is 13.9. The van der Waals surface area contributed by atoms with Crippen molar-refractivity contribution in [3.05, 3.63) is 34.1 Å². The van der Waals surface area contributed by atoms with Crippen LogP contribution in [0.4, 0.5) is 4.39 Å². The Balaban J connectivity index is 0.00000176. The van der Waals surface area contributed by atoms with Gasteiger partial charge in [0.25, 0.3) is 5.91 Å². The molecule has 0 aliphatic heterocycles. The van der Waals surface area contributed by atoms with E-state index >= 15 is 0 Å². The fourth-order valence-electron chi connectivity index (χ4n) is 3.90. The van der Waals surface area contributed by atoms with E-state index < -0.39 is 5.82 Å². The number of carbonyl (C=O) groups is 1. The summed E-state index contributed by atoms with van der Waals surface area (Å²) in [4.78, 5) is 12.4. The van der Waals surface area contributed by atoms with Crippen molar-refractivity contribution in [2.24, 2.45) is 17.6 Å². The van der Waals surface area contributed by atoms with Crippen molar-refractivity contribution in [2.45, 2.75) is 44.2 Å². The highest BCUT2D eigenvalue weighted by molar-refractivity contribution is 9.10. The molecule has 2 aliphatic carbocycles. The summed E-state index contributed by atoms with van der Waals surface area (Å²) >= 11 is 3.10.